The van der Waals surface area contributed by atoms with Crippen molar-refractivity contribution in [3.8, 4) is 0 Å². The lowest BCUT2D eigenvalue weighted by Gasteiger charge is -2.37. The van der Waals surface area contributed by atoms with Crippen molar-refractivity contribution < 1.29 is 9.59 Å². The summed E-state index contributed by atoms with van der Waals surface area (Å²) in [5.41, 5.74) is -0.539. The standard InChI is InChI=1S/C15H27N3O2.ClH/c1-14(2,3)18-12(19)9-17-13(20)15-7-5-4-6-11(15)8-16-10-15;/h11,16H,4-10H2,1-3H3,(H,17,20)(H,18,19);1H/t11-,15+;/m0./s1. The fraction of sp³-hybridized carbons (Fsp3) is 0.867. The lowest BCUT2D eigenvalue weighted by atomic mass is 9.67. The quantitative estimate of drug-likeness (QED) is 0.733. The Morgan fingerprint density at radius 1 is 1.29 bits per heavy atom. The molecule has 1 saturated carbocycles. The summed E-state index contributed by atoms with van der Waals surface area (Å²) in [5.74, 6) is 0.360. The van der Waals surface area contributed by atoms with Gasteiger partial charge in [0.2, 0.25) is 11.8 Å². The van der Waals surface area contributed by atoms with Gasteiger partial charge in [0.05, 0.1) is 12.0 Å². The molecule has 0 aromatic carbocycles. The summed E-state index contributed by atoms with van der Waals surface area (Å²) in [5, 5.41) is 9.06. The van der Waals surface area contributed by atoms with Gasteiger partial charge in [-0.15, -0.1) is 12.4 Å². The van der Waals surface area contributed by atoms with Crippen molar-refractivity contribution in [1.82, 2.24) is 16.0 Å². The molecule has 0 bridgehead atoms. The van der Waals surface area contributed by atoms with Crippen LogP contribution in [0.1, 0.15) is 46.5 Å². The first-order chi connectivity index (χ1) is 9.33. The number of fused-ring (bicyclic) bond motifs is 1. The van der Waals surface area contributed by atoms with Crippen LogP contribution in [0.25, 0.3) is 0 Å². The largest absolute Gasteiger partial charge is 0.350 e. The Morgan fingerprint density at radius 2 is 2.00 bits per heavy atom. The van der Waals surface area contributed by atoms with E-state index in [1.54, 1.807) is 0 Å². The van der Waals surface area contributed by atoms with E-state index in [1.165, 1.54) is 6.42 Å². The van der Waals surface area contributed by atoms with Crippen LogP contribution in [0.15, 0.2) is 0 Å². The second kappa shape index (κ2) is 6.97. The number of hydrogen-bond donors (Lipinski definition) is 3. The highest BCUT2D eigenvalue weighted by molar-refractivity contribution is 5.88. The van der Waals surface area contributed by atoms with Crippen LogP contribution in [0.2, 0.25) is 0 Å². The Balaban J connectivity index is 0.00000220. The third-order valence-corrected chi connectivity index (χ3v) is 4.41. The Kier molecular flexibility index (Phi) is 6.05. The van der Waals surface area contributed by atoms with E-state index >= 15 is 0 Å². The zero-order valence-corrected chi connectivity index (χ0v) is 14.1. The van der Waals surface area contributed by atoms with Crippen LogP contribution < -0.4 is 16.0 Å². The number of carbonyl (C=O) groups is 2. The SMILES string of the molecule is CC(C)(C)NC(=O)CNC(=O)[C@@]12CCCC[C@H]1CNC2.Cl. The molecule has 2 amide bonds. The van der Waals surface area contributed by atoms with Gasteiger partial charge in [-0.3, -0.25) is 9.59 Å². The van der Waals surface area contributed by atoms with Gasteiger partial charge in [-0.05, 0) is 46.1 Å². The summed E-state index contributed by atoms with van der Waals surface area (Å²) in [6.45, 7) is 7.56. The number of nitrogens with one attached hydrogen (secondary N) is 3. The van der Waals surface area contributed by atoms with Gasteiger partial charge in [0.1, 0.15) is 0 Å². The van der Waals surface area contributed by atoms with E-state index < -0.39 is 0 Å². The predicted octanol–water partition coefficient (Wildman–Crippen LogP) is 1.22. The molecule has 2 aliphatic rings. The van der Waals surface area contributed by atoms with Gasteiger partial charge in [-0.2, -0.15) is 0 Å². The van der Waals surface area contributed by atoms with Crippen molar-refractivity contribution in [3.05, 3.63) is 0 Å². The molecule has 1 aliphatic heterocycles. The average Bonchev–Trinajstić information content (AvgIpc) is 2.78. The Labute approximate surface area is 133 Å². The summed E-state index contributed by atoms with van der Waals surface area (Å²) in [6, 6.07) is 0. The van der Waals surface area contributed by atoms with Crippen molar-refractivity contribution >= 4 is 24.2 Å². The van der Waals surface area contributed by atoms with Gasteiger partial charge in [-0.1, -0.05) is 12.8 Å². The maximum Gasteiger partial charge on any atom is 0.239 e. The van der Waals surface area contributed by atoms with Gasteiger partial charge in [0.15, 0.2) is 0 Å². The topological polar surface area (TPSA) is 70.2 Å². The van der Waals surface area contributed by atoms with Gasteiger partial charge in [0.25, 0.3) is 0 Å². The summed E-state index contributed by atoms with van der Waals surface area (Å²) in [4.78, 5) is 24.3. The van der Waals surface area contributed by atoms with E-state index in [0.29, 0.717) is 5.92 Å². The van der Waals surface area contributed by atoms with E-state index in [2.05, 4.69) is 16.0 Å². The first-order valence-corrected chi connectivity index (χ1v) is 7.63. The molecule has 5 nitrogen and oxygen atoms in total. The van der Waals surface area contributed by atoms with E-state index in [9.17, 15) is 9.59 Å². The molecule has 1 heterocycles. The Bertz CT molecular complexity index is 395. The molecular formula is C15H28ClN3O2. The molecule has 0 aromatic rings. The molecule has 0 unspecified atom stereocenters. The molecule has 6 heteroatoms. The van der Waals surface area contributed by atoms with E-state index in [0.717, 1.165) is 32.4 Å². The Hall–Kier alpha value is -0.810. The van der Waals surface area contributed by atoms with Gasteiger partial charge < -0.3 is 16.0 Å². The lowest BCUT2D eigenvalue weighted by molar-refractivity contribution is -0.136. The monoisotopic (exact) mass is 317 g/mol. The fourth-order valence-corrected chi connectivity index (χ4v) is 3.49. The lowest BCUT2D eigenvalue weighted by Crippen LogP contribution is -2.51. The second-order valence-corrected chi connectivity index (χ2v) is 7.21. The van der Waals surface area contributed by atoms with Crippen LogP contribution in [0.4, 0.5) is 0 Å². The zero-order valence-electron chi connectivity index (χ0n) is 13.3. The number of amides is 2. The number of halogens is 1. The summed E-state index contributed by atoms with van der Waals surface area (Å²) in [6.07, 6.45) is 4.39. The van der Waals surface area contributed by atoms with E-state index in [-0.39, 0.29) is 41.7 Å². The maximum absolute atomic E-state index is 12.5. The summed E-state index contributed by atoms with van der Waals surface area (Å²) >= 11 is 0. The minimum Gasteiger partial charge on any atom is -0.350 e. The van der Waals surface area contributed by atoms with E-state index in [1.807, 2.05) is 20.8 Å². The van der Waals surface area contributed by atoms with Crippen molar-refractivity contribution in [2.45, 2.75) is 52.0 Å². The van der Waals surface area contributed by atoms with Crippen LogP contribution in [-0.2, 0) is 9.59 Å². The Morgan fingerprint density at radius 3 is 2.67 bits per heavy atom. The first-order valence-electron chi connectivity index (χ1n) is 7.63. The highest BCUT2D eigenvalue weighted by atomic mass is 35.5. The normalized spacial score (nSPS) is 28.2. The molecule has 1 saturated heterocycles. The molecule has 0 radical (unpaired) electrons. The van der Waals surface area contributed by atoms with Crippen LogP contribution in [0, 0.1) is 11.3 Å². The van der Waals surface area contributed by atoms with Gasteiger partial charge >= 0.3 is 0 Å². The first kappa shape index (κ1) is 18.2. The third-order valence-electron chi connectivity index (χ3n) is 4.41. The fourth-order valence-electron chi connectivity index (χ4n) is 3.49. The maximum atomic E-state index is 12.5. The van der Waals surface area contributed by atoms with Crippen LogP contribution in [0.5, 0.6) is 0 Å². The number of hydrogen-bond acceptors (Lipinski definition) is 3. The van der Waals surface area contributed by atoms with Crippen LogP contribution in [-0.4, -0.2) is 37.0 Å². The minimum atomic E-state index is -0.278. The van der Waals surface area contributed by atoms with Crippen molar-refractivity contribution in [2.75, 3.05) is 19.6 Å². The smallest absolute Gasteiger partial charge is 0.239 e. The van der Waals surface area contributed by atoms with Crippen LogP contribution >= 0.6 is 12.4 Å². The third kappa shape index (κ3) is 4.33. The van der Waals surface area contributed by atoms with Crippen molar-refractivity contribution in [2.24, 2.45) is 11.3 Å². The molecule has 0 aromatic heterocycles. The molecule has 1 aliphatic carbocycles. The molecule has 21 heavy (non-hydrogen) atoms. The zero-order chi connectivity index (χ0) is 14.8. The molecule has 2 fully saturated rings. The highest BCUT2D eigenvalue weighted by Gasteiger charge is 2.49. The predicted molar refractivity (Wildman–Crippen MR) is 85.4 cm³/mol. The molecule has 0 spiro atoms. The average molecular weight is 318 g/mol. The number of rotatable bonds is 3. The molecule has 2 rings (SSSR count). The summed E-state index contributed by atoms with van der Waals surface area (Å²) in [7, 11) is 0. The van der Waals surface area contributed by atoms with Gasteiger partial charge in [0, 0.05) is 12.1 Å². The van der Waals surface area contributed by atoms with E-state index in [4.69, 9.17) is 0 Å². The minimum absolute atomic E-state index is 0. The number of carbonyl (C=O) groups excluding carboxylic acids is 2. The highest BCUT2D eigenvalue weighted by Crippen LogP contribution is 2.43. The molecule has 2 atom stereocenters. The van der Waals surface area contributed by atoms with Gasteiger partial charge in [-0.25, -0.2) is 0 Å². The van der Waals surface area contributed by atoms with Crippen molar-refractivity contribution in [3.63, 3.8) is 0 Å². The summed E-state index contributed by atoms with van der Waals surface area (Å²) < 4.78 is 0. The molecular weight excluding hydrogens is 290 g/mol. The molecule has 122 valence electrons. The second-order valence-electron chi connectivity index (χ2n) is 7.21. The van der Waals surface area contributed by atoms with Crippen LogP contribution in [0.3, 0.4) is 0 Å². The van der Waals surface area contributed by atoms with Crippen molar-refractivity contribution in [1.29, 1.82) is 0 Å². The molecule has 3 N–H and O–H groups in total.